The zero-order valence-electron chi connectivity index (χ0n) is 16.2. The average molecular weight is 430 g/mol. The first-order valence-corrected chi connectivity index (χ1v) is 11.6. The van der Waals surface area contributed by atoms with Crippen molar-refractivity contribution in [1.29, 1.82) is 0 Å². The number of hydrogen-bond donors (Lipinski definition) is 2. The Labute approximate surface area is 171 Å². The highest BCUT2D eigenvalue weighted by molar-refractivity contribution is 9.10. The number of nitrogens with zero attached hydrogens (tertiary/aromatic N) is 1. The van der Waals surface area contributed by atoms with Gasteiger partial charge in [-0.2, -0.15) is 0 Å². The molecule has 0 radical (unpaired) electrons. The maximum absolute atomic E-state index is 5.02. The van der Waals surface area contributed by atoms with E-state index in [-0.39, 0.29) is 0 Å². The summed E-state index contributed by atoms with van der Waals surface area (Å²) in [5, 5.41) is 3.95. The van der Waals surface area contributed by atoms with Gasteiger partial charge in [-0.25, -0.2) is 4.98 Å². The number of benzene rings is 1. The standard InChI is InChI=1S/C23H32BrN3/c24-20-13-7-12-19(14-20)21-16-26-23(27-21)22(18-10-5-2-6-11-18)25-15-17-8-3-1-4-9-17/h7,12-14,16-18,22,25H,1-6,8-11,15H2,(H,26,27). The summed E-state index contributed by atoms with van der Waals surface area (Å²) in [4.78, 5) is 8.54. The fourth-order valence-electron chi connectivity index (χ4n) is 4.93. The van der Waals surface area contributed by atoms with E-state index in [0.29, 0.717) is 12.0 Å². The van der Waals surface area contributed by atoms with Gasteiger partial charge in [0, 0.05) is 16.2 Å². The molecule has 2 aromatic rings. The van der Waals surface area contributed by atoms with Gasteiger partial charge in [0.25, 0.3) is 0 Å². The van der Waals surface area contributed by atoms with Crippen LogP contribution in [0.3, 0.4) is 0 Å². The van der Waals surface area contributed by atoms with Crippen LogP contribution in [-0.4, -0.2) is 16.5 Å². The average Bonchev–Trinajstić information content (AvgIpc) is 3.20. The van der Waals surface area contributed by atoms with Crippen molar-refractivity contribution in [2.75, 3.05) is 6.54 Å². The minimum atomic E-state index is 0.369. The molecule has 1 aromatic heterocycles. The van der Waals surface area contributed by atoms with E-state index in [4.69, 9.17) is 4.98 Å². The Morgan fingerprint density at radius 1 is 1.04 bits per heavy atom. The number of nitrogens with one attached hydrogen (secondary N) is 2. The quantitative estimate of drug-likeness (QED) is 0.540. The molecule has 1 atom stereocenters. The molecule has 0 saturated heterocycles. The summed E-state index contributed by atoms with van der Waals surface area (Å²) in [5.74, 6) is 2.70. The highest BCUT2D eigenvalue weighted by Gasteiger charge is 2.28. The number of hydrogen-bond acceptors (Lipinski definition) is 2. The molecular weight excluding hydrogens is 398 g/mol. The molecule has 1 unspecified atom stereocenters. The molecule has 2 N–H and O–H groups in total. The van der Waals surface area contributed by atoms with E-state index in [1.54, 1.807) is 0 Å². The molecule has 2 aliphatic rings. The molecule has 2 aliphatic carbocycles. The molecule has 3 nitrogen and oxygen atoms in total. The van der Waals surface area contributed by atoms with Crippen LogP contribution in [0.2, 0.25) is 0 Å². The minimum Gasteiger partial charge on any atom is -0.347 e. The monoisotopic (exact) mass is 429 g/mol. The minimum absolute atomic E-state index is 0.369. The maximum atomic E-state index is 5.02. The first-order chi connectivity index (χ1) is 13.3. The third-order valence-electron chi connectivity index (χ3n) is 6.49. The fourth-order valence-corrected chi connectivity index (χ4v) is 5.33. The summed E-state index contributed by atoms with van der Waals surface area (Å²) in [6, 6.07) is 8.79. The van der Waals surface area contributed by atoms with Crippen molar-refractivity contribution in [2.24, 2.45) is 11.8 Å². The van der Waals surface area contributed by atoms with Gasteiger partial charge in [-0.15, -0.1) is 0 Å². The zero-order chi connectivity index (χ0) is 18.5. The van der Waals surface area contributed by atoms with Gasteiger partial charge in [-0.3, -0.25) is 0 Å². The number of aromatic nitrogens is 2. The Kier molecular flexibility index (Phi) is 6.67. The Morgan fingerprint density at radius 3 is 2.52 bits per heavy atom. The molecule has 0 amide bonds. The van der Waals surface area contributed by atoms with E-state index < -0.39 is 0 Å². The van der Waals surface area contributed by atoms with Gasteiger partial charge >= 0.3 is 0 Å². The lowest BCUT2D eigenvalue weighted by molar-refractivity contribution is 0.242. The molecule has 1 aromatic carbocycles. The molecular formula is C23H32BrN3. The molecule has 4 rings (SSSR count). The van der Waals surface area contributed by atoms with Gasteiger partial charge < -0.3 is 10.3 Å². The van der Waals surface area contributed by atoms with Crippen LogP contribution in [0.1, 0.15) is 76.1 Å². The summed E-state index contributed by atoms with van der Waals surface area (Å²) in [5.41, 5.74) is 2.22. The number of H-pyrrole nitrogens is 1. The second kappa shape index (κ2) is 9.38. The van der Waals surface area contributed by atoms with Crippen LogP contribution in [0.4, 0.5) is 0 Å². The lowest BCUT2D eigenvalue weighted by atomic mass is 9.83. The van der Waals surface area contributed by atoms with Crippen molar-refractivity contribution in [3.8, 4) is 11.3 Å². The third kappa shape index (κ3) is 5.03. The Balaban J connectivity index is 1.50. The van der Waals surface area contributed by atoms with Gasteiger partial charge in [0.1, 0.15) is 5.82 Å². The largest absolute Gasteiger partial charge is 0.347 e. The predicted octanol–water partition coefficient (Wildman–Crippen LogP) is 6.63. The number of aromatic amines is 1. The van der Waals surface area contributed by atoms with E-state index in [9.17, 15) is 0 Å². The Hall–Kier alpha value is -1.13. The highest BCUT2D eigenvalue weighted by Crippen LogP contribution is 2.35. The van der Waals surface area contributed by atoms with E-state index in [1.807, 2.05) is 0 Å². The zero-order valence-corrected chi connectivity index (χ0v) is 17.8. The molecule has 146 valence electrons. The lowest BCUT2D eigenvalue weighted by Gasteiger charge is -2.32. The maximum Gasteiger partial charge on any atom is 0.124 e. The van der Waals surface area contributed by atoms with Crippen molar-refractivity contribution in [3.63, 3.8) is 0 Å². The van der Waals surface area contributed by atoms with Crippen molar-refractivity contribution >= 4 is 15.9 Å². The van der Waals surface area contributed by atoms with E-state index in [0.717, 1.165) is 28.5 Å². The summed E-state index contributed by atoms with van der Waals surface area (Å²) in [6.07, 6.45) is 15.9. The van der Waals surface area contributed by atoms with Crippen LogP contribution in [0, 0.1) is 11.8 Å². The first kappa shape index (κ1) is 19.2. The van der Waals surface area contributed by atoms with Gasteiger partial charge in [0.15, 0.2) is 0 Å². The second-order valence-electron chi connectivity index (χ2n) is 8.47. The smallest absolute Gasteiger partial charge is 0.124 e. The van der Waals surface area contributed by atoms with Crippen LogP contribution in [0.15, 0.2) is 34.9 Å². The lowest BCUT2D eigenvalue weighted by Crippen LogP contribution is -2.34. The van der Waals surface area contributed by atoms with Crippen LogP contribution >= 0.6 is 15.9 Å². The van der Waals surface area contributed by atoms with Crippen LogP contribution in [-0.2, 0) is 0 Å². The number of imidazole rings is 1. The highest BCUT2D eigenvalue weighted by atomic mass is 79.9. The molecule has 27 heavy (non-hydrogen) atoms. The van der Waals surface area contributed by atoms with E-state index in [1.165, 1.54) is 69.8 Å². The normalized spacial score (nSPS) is 20.6. The molecule has 0 spiro atoms. The molecule has 1 heterocycles. The Bertz CT molecular complexity index is 714. The van der Waals surface area contributed by atoms with Gasteiger partial charge in [0.2, 0.25) is 0 Å². The first-order valence-electron chi connectivity index (χ1n) is 10.8. The van der Waals surface area contributed by atoms with E-state index in [2.05, 4.69) is 56.7 Å². The third-order valence-corrected chi connectivity index (χ3v) is 6.98. The molecule has 0 aliphatic heterocycles. The van der Waals surface area contributed by atoms with Crippen molar-refractivity contribution in [3.05, 3.63) is 40.8 Å². The molecule has 0 bridgehead atoms. The Morgan fingerprint density at radius 2 is 1.78 bits per heavy atom. The molecule has 4 heteroatoms. The number of rotatable bonds is 6. The summed E-state index contributed by atoms with van der Waals surface area (Å²) in [6.45, 7) is 1.15. The number of halogens is 1. The van der Waals surface area contributed by atoms with Crippen molar-refractivity contribution in [1.82, 2.24) is 15.3 Å². The van der Waals surface area contributed by atoms with Crippen LogP contribution in [0.25, 0.3) is 11.3 Å². The SMILES string of the molecule is Brc1cccc(-c2c[nH]c(C(NCC3CCCCC3)C3CCCCC3)n2)c1. The van der Waals surface area contributed by atoms with Gasteiger partial charge in [-0.05, 0) is 56.2 Å². The van der Waals surface area contributed by atoms with Crippen molar-refractivity contribution in [2.45, 2.75) is 70.3 Å². The van der Waals surface area contributed by atoms with Gasteiger partial charge in [-0.1, -0.05) is 66.6 Å². The van der Waals surface area contributed by atoms with Gasteiger partial charge in [0.05, 0.1) is 11.7 Å². The topological polar surface area (TPSA) is 40.7 Å². The summed E-state index contributed by atoms with van der Waals surface area (Å²) >= 11 is 3.58. The fraction of sp³-hybridized carbons (Fsp3) is 0.609. The molecule has 2 saturated carbocycles. The van der Waals surface area contributed by atoms with Crippen LogP contribution in [0.5, 0.6) is 0 Å². The predicted molar refractivity (Wildman–Crippen MR) is 116 cm³/mol. The molecule has 2 fully saturated rings. The summed E-state index contributed by atoms with van der Waals surface area (Å²) < 4.78 is 1.10. The summed E-state index contributed by atoms with van der Waals surface area (Å²) in [7, 11) is 0. The van der Waals surface area contributed by atoms with Crippen molar-refractivity contribution < 1.29 is 0 Å². The van der Waals surface area contributed by atoms with E-state index >= 15 is 0 Å². The second-order valence-corrected chi connectivity index (χ2v) is 9.39. The van der Waals surface area contributed by atoms with Crippen LogP contribution < -0.4 is 5.32 Å².